The maximum atomic E-state index is 12.5. The van der Waals surface area contributed by atoms with Crippen LogP contribution in [0.3, 0.4) is 0 Å². The van der Waals surface area contributed by atoms with E-state index in [2.05, 4.69) is 15.9 Å². The molecule has 1 N–H and O–H groups in total. The Morgan fingerprint density at radius 2 is 2.15 bits per heavy atom. The van der Waals surface area contributed by atoms with E-state index in [4.69, 9.17) is 9.84 Å². The summed E-state index contributed by atoms with van der Waals surface area (Å²) in [5.74, 6) is 0.0932. The molecule has 1 heterocycles. The Hall–Kier alpha value is -0.910. The van der Waals surface area contributed by atoms with Gasteiger partial charge in [0.15, 0.2) is 0 Å². The molecule has 0 bridgehead atoms. The third kappa shape index (κ3) is 3.81. The van der Waals surface area contributed by atoms with Crippen LogP contribution in [-0.4, -0.2) is 48.3 Å². The number of ether oxygens (including phenoxy) is 1. The van der Waals surface area contributed by atoms with Crippen molar-refractivity contribution in [1.29, 1.82) is 0 Å². The summed E-state index contributed by atoms with van der Waals surface area (Å²) in [7, 11) is 0. The number of rotatable bonds is 4. The van der Waals surface area contributed by atoms with Gasteiger partial charge in [-0.1, -0.05) is 15.9 Å². The van der Waals surface area contributed by atoms with E-state index in [9.17, 15) is 4.79 Å². The summed E-state index contributed by atoms with van der Waals surface area (Å²) >= 11 is 3.41. The van der Waals surface area contributed by atoms with Gasteiger partial charge in [-0.15, -0.1) is 0 Å². The molecule has 0 aliphatic carbocycles. The minimum atomic E-state index is 0.0528. The normalized spacial score (nSPS) is 16.4. The number of likely N-dealkylation sites (tertiary alicyclic amines) is 1. The standard InChI is InChI=1S/C15H20BrNO3/c1-11-10-12(16)2-3-14(11)15(19)17-6-4-13(5-7-17)20-9-8-18/h2-3,10,13,18H,4-9H2,1H3. The number of aryl methyl sites for hydroxylation is 1. The number of amides is 1. The van der Waals surface area contributed by atoms with E-state index < -0.39 is 0 Å². The fourth-order valence-corrected chi connectivity index (χ4v) is 2.96. The fourth-order valence-electron chi connectivity index (χ4n) is 2.48. The van der Waals surface area contributed by atoms with Crippen molar-refractivity contribution < 1.29 is 14.6 Å². The second-order valence-corrected chi connectivity index (χ2v) is 5.96. The minimum Gasteiger partial charge on any atom is -0.394 e. The molecule has 2 rings (SSSR count). The second-order valence-electron chi connectivity index (χ2n) is 5.05. The number of benzene rings is 1. The molecule has 110 valence electrons. The molecule has 1 saturated heterocycles. The van der Waals surface area contributed by atoms with Gasteiger partial charge >= 0.3 is 0 Å². The van der Waals surface area contributed by atoms with E-state index in [1.165, 1.54) is 0 Å². The molecule has 1 fully saturated rings. The summed E-state index contributed by atoms with van der Waals surface area (Å²) < 4.78 is 6.50. The first-order chi connectivity index (χ1) is 9.61. The summed E-state index contributed by atoms with van der Waals surface area (Å²) in [6.07, 6.45) is 1.83. The lowest BCUT2D eigenvalue weighted by atomic mass is 10.0. The Balaban J connectivity index is 1.94. The number of carbonyl (C=O) groups is 1. The highest BCUT2D eigenvalue weighted by atomic mass is 79.9. The lowest BCUT2D eigenvalue weighted by molar-refractivity contribution is -0.00555. The predicted molar refractivity (Wildman–Crippen MR) is 80.8 cm³/mol. The highest BCUT2D eigenvalue weighted by molar-refractivity contribution is 9.10. The first-order valence-electron chi connectivity index (χ1n) is 6.89. The van der Waals surface area contributed by atoms with E-state index in [1.807, 2.05) is 30.0 Å². The van der Waals surface area contributed by atoms with Gasteiger partial charge in [0.05, 0.1) is 19.3 Å². The molecule has 1 amide bonds. The Morgan fingerprint density at radius 1 is 1.45 bits per heavy atom. The van der Waals surface area contributed by atoms with Gasteiger partial charge in [0.2, 0.25) is 0 Å². The quantitative estimate of drug-likeness (QED) is 0.914. The summed E-state index contributed by atoms with van der Waals surface area (Å²) in [6, 6.07) is 5.73. The van der Waals surface area contributed by atoms with Gasteiger partial charge in [-0.25, -0.2) is 0 Å². The molecule has 1 aliphatic rings. The number of hydrogen-bond acceptors (Lipinski definition) is 3. The van der Waals surface area contributed by atoms with Crippen LogP contribution in [0.1, 0.15) is 28.8 Å². The van der Waals surface area contributed by atoms with Gasteiger partial charge < -0.3 is 14.7 Å². The smallest absolute Gasteiger partial charge is 0.254 e. The average molecular weight is 342 g/mol. The van der Waals surface area contributed by atoms with Crippen LogP contribution in [0.25, 0.3) is 0 Å². The van der Waals surface area contributed by atoms with Crippen LogP contribution in [0, 0.1) is 6.92 Å². The number of carbonyl (C=O) groups excluding carboxylic acids is 1. The van der Waals surface area contributed by atoms with Crippen molar-refractivity contribution in [2.24, 2.45) is 0 Å². The Labute approximate surface area is 127 Å². The Morgan fingerprint density at radius 3 is 2.75 bits per heavy atom. The number of hydrogen-bond donors (Lipinski definition) is 1. The van der Waals surface area contributed by atoms with E-state index >= 15 is 0 Å². The zero-order valence-corrected chi connectivity index (χ0v) is 13.2. The zero-order valence-electron chi connectivity index (χ0n) is 11.6. The molecule has 1 aliphatic heterocycles. The van der Waals surface area contributed by atoms with Gasteiger partial charge in [0.1, 0.15) is 0 Å². The molecule has 5 heteroatoms. The van der Waals surface area contributed by atoms with Crippen LogP contribution in [0.15, 0.2) is 22.7 Å². The third-order valence-corrected chi connectivity index (χ3v) is 4.09. The summed E-state index contributed by atoms with van der Waals surface area (Å²) in [5.41, 5.74) is 1.76. The van der Waals surface area contributed by atoms with Crippen LogP contribution < -0.4 is 0 Å². The topological polar surface area (TPSA) is 49.8 Å². The average Bonchev–Trinajstić information content (AvgIpc) is 2.45. The van der Waals surface area contributed by atoms with Crippen LogP contribution in [0.2, 0.25) is 0 Å². The van der Waals surface area contributed by atoms with Gasteiger partial charge in [-0.3, -0.25) is 4.79 Å². The number of nitrogens with zero attached hydrogens (tertiary/aromatic N) is 1. The molecule has 1 aromatic rings. The summed E-state index contributed by atoms with van der Waals surface area (Å²) in [4.78, 5) is 14.4. The van der Waals surface area contributed by atoms with Crippen LogP contribution in [-0.2, 0) is 4.74 Å². The van der Waals surface area contributed by atoms with Crippen LogP contribution in [0.4, 0.5) is 0 Å². The van der Waals surface area contributed by atoms with Crippen molar-refractivity contribution in [1.82, 2.24) is 4.90 Å². The predicted octanol–water partition coefficient (Wildman–Crippen LogP) is 2.37. The lowest BCUT2D eigenvalue weighted by Gasteiger charge is -2.32. The summed E-state index contributed by atoms with van der Waals surface area (Å²) in [5, 5.41) is 8.75. The monoisotopic (exact) mass is 341 g/mol. The van der Waals surface area contributed by atoms with Gasteiger partial charge in [-0.2, -0.15) is 0 Å². The van der Waals surface area contributed by atoms with Crippen molar-refractivity contribution in [3.05, 3.63) is 33.8 Å². The molecule has 0 unspecified atom stereocenters. The van der Waals surface area contributed by atoms with E-state index in [-0.39, 0.29) is 18.6 Å². The highest BCUT2D eigenvalue weighted by Crippen LogP contribution is 2.20. The van der Waals surface area contributed by atoms with E-state index in [0.29, 0.717) is 19.7 Å². The zero-order chi connectivity index (χ0) is 14.5. The van der Waals surface area contributed by atoms with Crippen LogP contribution in [0.5, 0.6) is 0 Å². The molecule has 1 aromatic carbocycles. The first kappa shape index (κ1) is 15.5. The van der Waals surface area contributed by atoms with Crippen molar-refractivity contribution >= 4 is 21.8 Å². The van der Waals surface area contributed by atoms with Crippen molar-refractivity contribution in [2.45, 2.75) is 25.9 Å². The SMILES string of the molecule is Cc1cc(Br)ccc1C(=O)N1CCC(OCCO)CC1. The van der Waals surface area contributed by atoms with Gasteiger partial charge in [0, 0.05) is 23.1 Å². The second kappa shape index (κ2) is 7.20. The van der Waals surface area contributed by atoms with Crippen molar-refractivity contribution in [2.75, 3.05) is 26.3 Å². The summed E-state index contributed by atoms with van der Waals surface area (Å²) in [6.45, 7) is 3.81. The van der Waals surface area contributed by atoms with E-state index in [1.54, 1.807) is 0 Å². The molecule has 4 nitrogen and oxygen atoms in total. The van der Waals surface area contributed by atoms with Crippen LogP contribution >= 0.6 is 15.9 Å². The lowest BCUT2D eigenvalue weighted by Crippen LogP contribution is -2.41. The van der Waals surface area contributed by atoms with Crippen molar-refractivity contribution in [3.8, 4) is 0 Å². The molecule has 20 heavy (non-hydrogen) atoms. The molecule has 0 atom stereocenters. The highest BCUT2D eigenvalue weighted by Gasteiger charge is 2.24. The van der Waals surface area contributed by atoms with Gasteiger partial charge in [0.25, 0.3) is 5.91 Å². The molecular formula is C15H20BrNO3. The fraction of sp³-hybridized carbons (Fsp3) is 0.533. The Kier molecular flexibility index (Phi) is 5.57. The molecule has 0 saturated carbocycles. The number of aliphatic hydroxyl groups excluding tert-OH is 1. The first-order valence-corrected chi connectivity index (χ1v) is 7.69. The Bertz CT molecular complexity index is 470. The number of halogens is 1. The van der Waals surface area contributed by atoms with Crippen molar-refractivity contribution in [3.63, 3.8) is 0 Å². The third-order valence-electron chi connectivity index (χ3n) is 3.59. The molecule has 0 spiro atoms. The minimum absolute atomic E-state index is 0.0528. The number of piperidine rings is 1. The number of aliphatic hydroxyl groups is 1. The molecule has 0 radical (unpaired) electrons. The maximum absolute atomic E-state index is 12.5. The largest absolute Gasteiger partial charge is 0.394 e. The van der Waals surface area contributed by atoms with E-state index in [0.717, 1.165) is 28.4 Å². The van der Waals surface area contributed by atoms with Gasteiger partial charge in [-0.05, 0) is 43.5 Å². The molecule has 0 aromatic heterocycles. The maximum Gasteiger partial charge on any atom is 0.254 e. The molecular weight excluding hydrogens is 322 g/mol.